The van der Waals surface area contributed by atoms with E-state index in [9.17, 15) is 0 Å². The summed E-state index contributed by atoms with van der Waals surface area (Å²) in [7, 11) is 0. The number of hydrogen-bond donors (Lipinski definition) is 0. The van der Waals surface area contributed by atoms with Gasteiger partial charge in [-0.3, -0.25) is 0 Å². The van der Waals surface area contributed by atoms with Gasteiger partial charge in [0.2, 0.25) is 0 Å². The van der Waals surface area contributed by atoms with Crippen molar-refractivity contribution in [3.05, 3.63) is 5.32 Å². The van der Waals surface area contributed by atoms with Crippen LogP contribution in [-0.4, -0.2) is 11.1 Å². The zero-order valence-electron chi connectivity index (χ0n) is 10.3. The van der Waals surface area contributed by atoms with Crippen LogP contribution in [0.5, 0.6) is 0 Å². The van der Waals surface area contributed by atoms with Crippen LogP contribution in [0.15, 0.2) is 0 Å². The maximum Gasteiger partial charge on any atom is 0 e. The molecule has 0 saturated carbocycles. The van der Waals surface area contributed by atoms with Crippen LogP contribution < -0.4 is 0 Å². The second-order valence-corrected chi connectivity index (χ2v) is 4.59. The molecule has 0 spiro atoms. The van der Waals surface area contributed by atoms with E-state index >= 15 is 0 Å². The minimum atomic E-state index is 0. The number of piperidine rings is 1. The van der Waals surface area contributed by atoms with Crippen molar-refractivity contribution >= 4 is 0 Å². The fourth-order valence-corrected chi connectivity index (χ4v) is 1.88. The van der Waals surface area contributed by atoms with Gasteiger partial charge < -0.3 is 5.32 Å². The van der Waals surface area contributed by atoms with Crippen molar-refractivity contribution in [2.45, 2.75) is 71.9 Å². The molecular formula is C11H24NZn-. The summed E-state index contributed by atoms with van der Waals surface area (Å²) < 4.78 is 0. The number of nitrogens with zero attached hydrogens (tertiary/aromatic N) is 1. The molecule has 1 aliphatic rings. The maximum absolute atomic E-state index is 4.75. The summed E-state index contributed by atoms with van der Waals surface area (Å²) in [6.45, 7) is 12.9. The predicted molar refractivity (Wildman–Crippen MR) is 56.7 cm³/mol. The van der Waals surface area contributed by atoms with Crippen molar-refractivity contribution < 1.29 is 19.5 Å². The van der Waals surface area contributed by atoms with E-state index in [4.69, 9.17) is 5.32 Å². The van der Waals surface area contributed by atoms with Gasteiger partial charge in [0.1, 0.15) is 0 Å². The molecule has 1 aliphatic heterocycles. The third-order valence-electron chi connectivity index (χ3n) is 2.18. The molecule has 0 aromatic carbocycles. The second kappa shape index (κ2) is 6.14. The summed E-state index contributed by atoms with van der Waals surface area (Å²) in [4.78, 5) is 0. The molecule has 0 bridgehead atoms. The van der Waals surface area contributed by atoms with Gasteiger partial charge in [-0.2, -0.15) is 0 Å². The molecule has 0 N–H and O–H groups in total. The Hall–Kier alpha value is 0.583. The van der Waals surface area contributed by atoms with E-state index in [-0.39, 0.29) is 30.6 Å². The standard InChI is InChI=1S/C9H18N.C2H6.Zn/c1-8(2)6-5-7-9(3,4)10-8;1-2;/h5-7H2,1-4H3;1-2H3;/q-1;;. The second-order valence-electron chi connectivity index (χ2n) is 4.59. The normalized spacial score (nSPS) is 23.5. The van der Waals surface area contributed by atoms with E-state index in [2.05, 4.69) is 27.7 Å². The number of rotatable bonds is 0. The zero-order chi connectivity index (χ0) is 9.83. The van der Waals surface area contributed by atoms with Crippen molar-refractivity contribution in [2.75, 3.05) is 0 Å². The van der Waals surface area contributed by atoms with Crippen LogP contribution in [0.25, 0.3) is 5.32 Å². The summed E-state index contributed by atoms with van der Waals surface area (Å²) >= 11 is 0. The van der Waals surface area contributed by atoms with Gasteiger partial charge >= 0.3 is 0 Å². The van der Waals surface area contributed by atoms with Crippen LogP contribution in [0, 0.1) is 0 Å². The fourth-order valence-electron chi connectivity index (χ4n) is 1.88. The summed E-state index contributed by atoms with van der Waals surface area (Å²) in [5, 5.41) is 4.75. The van der Waals surface area contributed by atoms with Crippen LogP contribution in [0.2, 0.25) is 0 Å². The van der Waals surface area contributed by atoms with Gasteiger partial charge in [-0.1, -0.05) is 60.8 Å². The van der Waals surface area contributed by atoms with Crippen molar-refractivity contribution in [3.8, 4) is 0 Å². The average molecular weight is 236 g/mol. The van der Waals surface area contributed by atoms with E-state index in [1.54, 1.807) is 0 Å². The summed E-state index contributed by atoms with van der Waals surface area (Å²) in [6.07, 6.45) is 3.86. The SMILES string of the molecule is CC.CC1(C)CCCC(C)(C)[N-]1.[Zn]. The average Bonchev–Trinajstić information content (AvgIpc) is 1.86. The summed E-state index contributed by atoms with van der Waals surface area (Å²) in [5.74, 6) is 0. The Balaban J connectivity index is 0. The first-order valence-corrected chi connectivity index (χ1v) is 5.15. The van der Waals surface area contributed by atoms with Gasteiger partial charge in [0.05, 0.1) is 0 Å². The van der Waals surface area contributed by atoms with Crippen LogP contribution in [0.3, 0.4) is 0 Å². The minimum absolute atomic E-state index is 0. The van der Waals surface area contributed by atoms with Crippen molar-refractivity contribution in [1.82, 2.24) is 0 Å². The van der Waals surface area contributed by atoms with Gasteiger partial charge in [-0.25, -0.2) is 0 Å². The van der Waals surface area contributed by atoms with Gasteiger partial charge in [0.25, 0.3) is 0 Å². The molecule has 1 rings (SSSR count). The first-order chi connectivity index (χ1) is 5.41. The molecule has 1 heterocycles. The van der Waals surface area contributed by atoms with E-state index in [0.717, 1.165) is 0 Å². The minimum Gasteiger partial charge on any atom is -0.652 e. The molecule has 1 nitrogen and oxygen atoms in total. The largest absolute Gasteiger partial charge is 0.652 e. The summed E-state index contributed by atoms with van der Waals surface area (Å²) in [6, 6.07) is 0. The van der Waals surface area contributed by atoms with Crippen LogP contribution in [0.1, 0.15) is 60.8 Å². The van der Waals surface area contributed by atoms with Crippen LogP contribution in [0.4, 0.5) is 0 Å². The van der Waals surface area contributed by atoms with E-state index in [1.165, 1.54) is 19.3 Å². The molecule has 1 saturated heterocycles. The molecule has 0 aliphatic carbocycles. The monoisotopic (exact) mass is 234 g/mol. The zero-order valence-corrected chi connectivity index (χ0v) is 13.2. The Morgan fingerprint density at radius 3 is 1.31 bits per heavy atom. The first-order valence-electron chi connectivity index (χ1n) is 5.15. The third kappa shape index (κ3) is 6.63. The van der Waals surface area contributed by atoms with E-state index in [0.29, 0.717) is 0 Å². The Morgan fingerprint density at radius 2 is 1.15 bits per heavy atom. The molecular weight excluding hydrogens is 212 g/mol. The molecule has 2 heteroatoms. The Morgan fingerprint density at radius 1 is 0.846 bits per heavy atom. The molecule has 0 aromatic heterocycles. The van der Waals surface area contributed by atoms with Gasteiger partial charge in [0.15, 0.2) is 0 Å². The predicted octanol–water partition coefficient (Wildman–Crippen LogP) is 4.12. The van der Waals surface area contributed by atoms with Gasteiger partial charge in [-0.15, -0.1) is 11.1 Å². The van der Waals surface area contributed by atoms with Crippen molar-refractivity contribution in [2.24, 2.45) is 0 Å². The van der Waals surface area contributed by atoms with Crippen molar-refractivity contribution in [1.29, 1.82) is 0 Å². The van der Waals surface area contributed by atoms with Crippen LogP contribution in [-0.2, 0) is 19.5 Å². The molecule has 0 radical (unpaired) electrons. The Kier molecular flexibility index (Phi) is 7.57. The molecule has 1 fully saturated rings. The Bertz CT molecular complexity index is 116. The molecule has 13 heavy (non-hydrogen) atoms. The summed E-state index contributed by atoms with van der Waals surface area (Å²) in [5.41, 5.74) is 0.476. The van der Waals surface area contributed by atoms with E-state index in [1.807, 2.05) is 13.8 Å². The number of hydrogen-bond acceptors (Lipinski definition) is 0. The maximum atomic E-state index is 4.75. The van der Waals surface area contributed by atoms with E-state index < -0.39 is 0 Å². The smallest absolute Gasteiger partial charge is 0 e. The van der Waals surface area contributed by atoms with Crippen LogP contribution >= 0.6 is 0 Å². The molecule has 0 aromatic rings. The topological polar surface area (TPSA) is 14.1 Å². The molecule has 0 atom stereocenters. The fraction of sp³-hybridized carbons (Fsp3) is 1.00. The molecule has 0 amide bonds. The van der Waals surface area contributed by atoms with Gasteiger partial charge in [0, 0.05) is 19.5 Å². The first kappa shape index (κ1) is 16.0. The van der Waals surface area contributed by atoms with Gasteiger partial charge in [-0.05, 0) is 0 Å². The quantitative estimate of drug-likeness (QED) is 0.561. The van der Waals surface area contributed by atoms with Crippen molar-refractivity contribution in [3.63, 3.8) is 0 Å². The third-order valence-corrected chi connectivity index (χ3v) is 2.18. The molecule has 76 valence electrons. The Labute approximate surface area is 96.8 Å². The molecule has 0 unspecified atom stereocenters.